The molecule has 118 valence electrons. The molecule has 1 aromatic carbocycles. The highest BCUT2D eigenvalue weighted by atomic mass is 16.5. The molecule has 0 unspecified atom stereocenters. The minimum atomic E-state index is -0.0867. The summed E-state index contributed by atoms with van der Waals surface area (Å²) >= 11 is 0. The summed E-state index contributed by atoms with van der Waals surface area (Å²) in [7, 11) is 1.75. The van der Waals surface area contributed by atoms with E-state index < -0.39 is 0 Å². The highest BCUT2D eigenvalue weighted by molar-refractivity contribution is 5.91. The smallest absolute Gasteiger partial charge is 0.248 e. The zero-order valence-electron chi connectivity index (χ0n) is 13.6. The Hall–Kier alpha value is -2.37. The van der Waals surface area contributed by atoms with Crippen molar-refractivity contribution in [3.8, 4) is 0 Å². The molecule has 0 radical (unpaired) electrons. The molecule has 6 heteroatoms. The lowest BCUT2D eigenvalue weighted by molar-refractivity contribution is -0.116. The van der Waals surface area contributed by atoms with Gasteiger partial charge in [0.1, 0.15) is 6.04 Å². The molecule has 0 bridgehead atoms. The second-order valence-corrected chi connectivity index (χ2v) is 5.64. The van der Waals surface area contributed by atoms with E-state index in [1.54, 1.807) is 11.9 Å². The van der Waals surface area contributed by atoms with Crippen LogP contribution in [0.2, 0.25) is 0 Å². The molecule has 2 aromatic rings. The van der Waals surface area contributed by atoms with E-state index in [9.17, 15) is 4.79 Å². The first-order valence-corrected chi connectivity index (χ1v) is 7.33. The molecule has 0 spiro atoms. The number of anilines is 2. The Kier molecular flexibility index (Phi) is 4.80. The molecule has 1 N–H and O–H groups in total. The quantitative estimate of drug-likeness (QED) is 0.917. The fourth-order valence-corrected chi connectivity index (χ4v) is 1.93. The van der Waals surface area contributed by atoms with Gasteiger partial charge in [0.25, 0.3) is 0 Å². The minimum absolute atomic E-state index is 0.00107. The topological polar surface area (TPSA) is 71.3 Å². The molecule has 0 aliphatic rings. The number of rotatable bonds is 5. The van der Waals surface area contributed by atoms with Gasteiger partial charge in [0.05, 0.1) is 0 Å². The summed E-state index contributed by atoms with van der Waals surface area (Å²) in [4.78, 5) is 17.3. The second kappa shape index (κ2) is 6.60. The minimum Gasteiger partial charge on any atom is -0.374 e. The molecule has 0 aliphatic carbocycles. The molecule has 2 rings (SSSR count). The predicted molar refractivity (Wildman–Crippen MR) is 86.0 cm³/mol. The third-order valence-electron chi connectivity index (χ3n) is 3.45. The summed E-state index contributed by atoms with van der Waals surface area (Å²) in [5, 5.41) is 7.27. The van der Waals surface area contributed by atoms with Crippen LogP contribution in [0.25, 0.3) is 0 Å². The van der Waals surface area contributed by atoms with Crippen molar-refractivity contribution in [2.75, 3.05) is 17.3 Å². The Morgan fingerprint density at radius 2 is 1.86 bits per heavy atom. The molecular weight excluding hydrogens is 280 g/mol. The molecular formula is C16H22N4O2. The number of benzene rings is 1. The van der Waals surface area contributed by atoms with Crippen molar-refractivity contribution >= 4 is 17.3 Å². The lowest BCUT2D eigenvalue weighted by atomic mass is 10.2. The summed E-state index contributed by atoms with van der Waals surface area (Å²) in [6.07, 6.45) is 0. The van der Waals surface area contributed by atoms with Crippen LogP contribution in [0.1, 0.15) is 51.4 Å². The van der Waals surface area contributed by atoms with Crippen LogP contribution in [0.15, 0.2) is 28.8 Å². The number of nitrogens with zero attached hydrogens (tertiary/aromatic N) is 3. The van der Waals surface area contributed by atoms with Gasteiger partial charge >= 0.3 is 0 Å². The van der Waals surface area contributed by atoms with Crippen LogP contribution in [0.4, 0.5) is 11.4 Å². The Morgan fingerprint density at radius 3 is 2.36 bits per heavy atom. The number of carbonyl (C=O) groups is 1. The first-order valence-electron chi connectivity index (χ1n) is 7.33. The molecule has 0 saturated heterocycles. The lowest BCUT2D eigenvalue weighted by Gasteiger charge is -2.16. The largest absolute Gasteiger partial charge is 0.374 e. The fraction of sp³-hybridized carbons (Fsp3) is 0.438. The van der Waals surface area contributed by atoms with E-state index in [4.69, 9.17) is 4.52 Å². The van der Waals surface area contributed by atoms with E-state index in [2.05, 4.69) is 15.5 Å². The fourth-order valence-electron chi connectivity index (χ4n) is 1.93. The SMILES string of the molecule is CC(=O)N(C)c1ccc(N[C@@H](C)c2nc(C(C)C)no2)cc1. The third-order valence-corrected chi connectivity index (χ3v) is 3.45. The monoisotopic (exact) mass is 302 g/mol. The normalized spacial score (nSPS) is 12.3. The summed E-state index contributed by atoms with van der Waals surface area (Å²) < 4.78 is 5.28. The van der Waals surface area contributed by atoms with Crippen molar-refractivity contribution in [1.29, 1.82) is 0 Å². The molecule has 0 aliphatic heterocycles. The number of aromatic nitrogens is 2. The summed E-state index contributed by atoms with van der Waals surface area (Å²) in [5.41, 5.74) is 1.78. The van der Waals surface area contributed by atoms with Crippen LogP contribution >= 0.6 is 0 Å². The van der Waals surface area contributed by atoms with Gasteiger partial charge < -0.3 is 14.7 Å². The van der Waals surface area contributed by atoms with Gasteiger partial charge in [0, 0.05) is 31.3 Å². The molecule has 6 nitrogen and oxygen atoms in total. The Balaban J connectivity index is 2.05. The van der Waals surface area contributed by atoms with Gasteiger partial charge in [-0.15, -0.1) is 0 Å². The maximum absolute atomic E-state index is 11.3. The summed E-state index contributed by atoms with van der Waals surface area (Å²) in [6, 6.07) is 7.54. The van der Waals surface area contributed by atoms with Gasteiger partial charge in [-0.3, -0.25) is 4.79 Å². The lowest BCUT2D eigenvalue weighted by Crippen LogP contribution is -2.22. The Morgan fingerprint density at radius 1 is 1.23 bits per heavy atom. The van der Waals surface area contributed by atoms with E-state index in [0.29, 0.717) is 11.7 Å². The molecule has 1 amide bonds. The molecule has 22 heavy (non-hydrogen) atoms. The van der Waals surface area contributed by atoms with Crippen molar-refractivity contribution in [2.45, 2.75) is 39.7 Å². The Labute approximate surface area is 130 Å². The summed E-state index contributed by atoms with van der Waals surface area (Å²) in [6.45, 7) is 7.55. The van der Waals surface area contributed by atoms with Gasteiger partial charge in [-0.25, -0.2) is 0 Å². The molecule has 0 fully saturated rings. The van der Waals surface area contributed by atoms with Gasteiger partial charge in [0.2, 0.25) is 11.8 Å². The number of hydrogen-bond acceptors (Lipinski definition) is 5. The molecule has 1 heterocycles. The van der Waals surface area contributed by atoms with Crippen molar-refractivity contribution in [3.05, 3.63) is 36.0 Å². The summed E-state index contributed by atoms with van der Waals surface area (Å²) in [5.74, 6) is 1.52. The maximum Gasteiger partial charge on any atom is 0.248 e. The van der Waals surface area contributed by atoms with Crippen LogP contribution in [0, 0.1) is 0 Å². The van der Waals surface area contributed by atoms with Crippen molar-refractivity contribution in [1.82, 2.24) is 10.1 Å². The van der Waals surface area contributed by atoms with E-state index in [-0.39, 0.29) is 17.9 Å². The van der Waals surface area contributed by atoms with Crippen molar-refractivity contribution in [3.63, 3.8) is 0 Å². The number of hydrogen-bond donors (Lipinski definition) is 1. The van der Waals surface area contributed by atoms with Gasteiger partial charge in [-0.1, -0.05) is 19.0 Å². The van der Waals surface area contributed by atoms with Crippen LogP contribution in [0.5, 0.6) is 0 Å². The van der Waals surface area contributed by atoms with Crippen LogP contribution in [-0.4, -0.2) is 23.1 Å². The van der Waals surface area contributed by atoms with Crippen LogP contribution in [0.3, 0.4) is 0 Å². The van der Waals surface area contributed by atoms with E-state index >= 15 is 0 Å². The Bertz CT molecular complexity index is 634. The van der Waals surface area contributed by atoms with Crippen molar-refractivity contribution in [2.24, 2.45) is 0 Å². The zero-order valence-corrected chi connectivity index (χ0v) is 13.6. The molecule has 1 aromatic heterocycles. The average Bonchev–Trinajstić information content (AvgIpc) is 2.97. The van der Waals surface area contributed by atoms with Crippen molar-refractivity contribution < 1.29 is 9.32 Å². The first kappa shape index (κ1) is 16.0. The number of amides is 1. The number of nitrogens with one attached hydrogen (secondary N) is 1. The van der Waals surface area contributed by atoms with E-state index in [1.807, 2.05) is 45.0 Å². The third kappa shape index (κ3) is 3.63. The number of carbonyl (C=O) groups excluding carboxylic acids is 1. The second-order valence-electron chi connectivity index (χ2n) is 5.64. The van der Waals surface area contributed by atoms with E-state index in [0.717, 1.165) is 11.4 Å². The molecule has 1 atom stereocenters. The highest BCUT2D eigenvalue weighted by Crippen LogP contribution is 2.22. The molecule has 0 saturated carbocycles. The predicted octanol–water partition coefficient (Wildman–Crippen LogP) is 3.35. The standard InChI is InChI=1S/C16H22N4O2/c1-10(2)15-18-16(22-19-15)11(3)17-13-6-8-14(9-7-13)20(5)12(4)21/h6-11,17H,1-5H3/t11-/m0/s1. The van der Waals surface area contributed by atoms with Gasteiger partial charge in [-0.2, -0.15) is 4.98 Å². The van der Waals surface area contributed by atoms with Crippen LogP contribution in [-0.2, 0) is 4.79 Å². The maximum atomic E-state index is 11.3. The zero-order chi connectivity index (χ0) is 16.3. The van der Waals surface area contributed by atoms with E-state index in [1.165, 1.54) is 6.92 Å². The van der Waals surface area contributed by atoms with Crippen LogP contribution < -0.4 is 10.2 Å². The highest BCUT2D eigenvalue weighted by Gasteiger charge is 2.16. The first-order chi connectivity index (χ1) is 10.4. The van der Waals surface area contributed by atoms with Gasteiger partial charge in [0.15, 0.2) is 5.82 Å². The van der Waals surface area contributed by atoms with Gasteiger partial charge in [-0.05, 0) is 31.2 Å². The average molecular weight is 302 g/mol.